The molecule has 0 saturated carbocycles. The molecule has 0 saturated heterocycles. The minimum absolute atomic E-state index is 0.208. The highest BCUT2D eigenvalue weighted by molar-refractivity contribution is 6.03. The van der Waals surface area contributed by atoms with Crippen LogP contribution in [0, 0.1) is 5.82 Å². The molecule has 0 aliphatic carbocycles. The Morgan fingerprint density at radius 1 is 0.974 bits per heavy atom. The number of carbonyl (C=O) groups is 2. The summed E-state index contributed by atoms with van der Waals surface area (Å²) in [5.74, 6) is 0.217. The van der Waals surface area contributed by atoms with Gasteiger partial charge >= 0.3 is 0 Å². The van der Waals surface area contributed by atoms with E-state index in [2.05, 4.69) is 5.10 Å². The standard InChI is InChI=1S/C29H30FN3O5/c1-36-17-16-32(29(35)21-10-14-23(37-2)15-11-21)19-28(34)33-26(24-6-4-5-7-27(24)38-3)18-25(31-33)20-8-12-22(30)13-9-20/h4-15,26H,16-19H2,1-3H3. The van der Waals surface area contributed by atoms with Gasteiger partial charge in [0.1, 0.15) is 23.9 Å². The molecule has 1 unspecified atom stereocenters. The number of nitrogens with zero attached hydrogens (tertiary/aromatic N) is 3. The predicted molar refractivity (Wildman–Crippen MR) is 141 cm³/mol. The van der Waals surface area contributed by atoms with Gasteiger partial charge in [-0.05, 0) is 48.0 Å². The molecule has 0 fully saturated rings. The fourth-order valence-corrected chi connectivity index (χ4v) is 4.35. The molecule has 0 aromatic heterocycles. The normalized spacial score (nSPS) is 14.7. The van der Waals surface area contributed by atoms with Crippen molar-refractivity contribution in [3.8, 4) is 11.5 Å². The van der Waals surface area contributed by atoms with E-state index < -0.39 is 6.04 Å². The maximum atomic E-state index is 13.7. The Morgan fingerprint density at radius 2 is 1.68 bits per heavy atom. The molecule has 8 nitrogen and oxygen atoms in total. The van der Waals surface area contributed by atoms with Crippen molar-refractivity contribution in [2.75, 3.05) is 41.0 Å². The van der Waals surface area contributed by atoms with Gasteiger partial charge in [0, 0.05) is 31.2 Å². The summed E-state index contributed by atoms with van der Waals surface area (Å²) in [6.07, 6.45) is 0.405. The first-order valence-corrected chi connectivity index (χ1v) is 12.2. The van der Waals surface area contributed by atoms with Crippen LogP contribution >= 0.6 is 0 Å². The van der Waals surface area contributed by atoms with Gasteiger partial charge < -0.3 is 19.1 Å². The number of para-hydroxylation sites is 1. The van der Waals surface area contributed by atoms with Gasteiger partial charge in [-0.1, -0.05) is 30.3 Å². The number of carbonyl (C=O) groups excluding carboxylic acids is 2. The maximum absolute atomic E-state index is 13.7. The van der Waals surface area contributed by atoms with Crippen LogP contribution in [0.25, 0.3) is 0 Å². The Labute approximate surface area is 221 Å². The second-order valence-corrected chi connectivity index (χ2v) is 8.70. The molecule has 198 valence electrons. The molecule has 0 radical (unpaired) electrons. The van der Waals surface area contributed by atoms with Crippen LogP contribution in [-0.2, 0) is 9.53 Å². The van der Waals surface area contributed by atoms with Crippen molar-refractivity contribution >= 4 is 17.5 Å². The van der Waals surface area contributed by atoms with E-state index in [4.69, 9.17) is 14.2 Å². The molecule has 4 rings (SSSR count). The summed E-state index contributed by atoms with van der Waals surface area (Å²) in [7, 11) is 4.66. The Kier molecular flexibility index (Phi) is 8.70. The minimum atomic E-state index is -0.459. The summed E-state index contributed by atoms with van der Waals surface area (Å²) < 4.78 is 29.5. The Bertz CT molecular complexity index is 1290. The third kappa shape index (κ3) is 6.00. The number of methoxy groups -OCH3 is 3. The van der Waals surface area contributed by atoms with Crippen molar-refractivity contribution in [2.45, 2.75) is 12.5 Å². The van der Waals surface area contributed by atoms with Crippen LogP contribution in [0.4, 0.5) is 4.39 Å². The van der Waals surface area contributed by atoms with Gasteiger partial charge in [-0.3, -0.25) is 9.59 Å². The van der Waals surface area contributed by atoms with Crippen molar-refractivity contribution in [3.63, 3.8) is 0 Å². The third-order valence-corrected chi connectivity index (χ3v) is 6.36. The highest BCUT2D eigenvalue weighted by atomic mass is 19.1. The minimum Gasteiger partial charge on any atom is -0.497 e. The molecular formula is C29H30FN3O5. The summed E-state index contributed by atoms with van der Waals surface area (Å²) in [5.41, 5.74) is 2.56. The van der Waals surface area contributed by atoms with E-state index in [0.717, 1.165) is 5.56 Å². The lowest BCUT2D eigenvalue weighted by Gasteiger charge is -2.27. The lowest BCUT2D eigenvalue weighted by Crippen LogP contribution is -2.42. The molecule has 38 heavy (non-hydrogen) atoms. The number of ether oxygens (including phenoxy) is 3. The van der Waals surface area contributed by atoms with Crippen LogP contribution in [0.1, 0.15) is 33.9 Å². The largest absolute Gasteiger partial charge is 0.497 e. The second-order valence-electron chi connectivity index (χ2n) is 8.70. The van der Waals surface area contributed by atoms with Gasteiger partial charge in [0.25, 0.3) is 11.8 Å². The molecule has 1 aliphatic heterocycles. The lowest BCUT2D eigenvalue weighted by atomic mass is 9.97. The Hall–Kier alpha value is -4.24. The average Bonchev–Trinajstić information content (AvgIpc) is 3.40. The zero-order valence-corrected chi connectivity index (χ0v) is 21.6. The van der Waals surface area contributed by atoms with E-state index in [-0.39, 0.29) is 37.3 Å². The van der Waals surface area contributed by atoms with Gasteiger partial charge in [-0.15, -0.1) is 0 Å². The molecule has 1 aliphatic rings. The number of hydrazone groups is 1. The van der Waals surface area contributed by atoms with Gasteiger partial charge in [0.2, 0.25) is 0 Å². The van der Waals surface area contributed by atoms with Gasteiger partial charge in [-0.25, -0.2) is 9.40 Å². The second kappa shape index (κ2) is 12.3. The number of benzene rings is 3. The van der Waals surface area contributed by atoms with E-state index in [9.17, 15) is 14.0 Å². The quantitative estimate of drug-likeness (QED) is 0.399. The fourth-order valence-electron chi connectivity index (χ4n) is 4.35. The molecule has 0 N–H and O–H groups in total. The van der Waals surface area contributed by atoms with Crippen molar-refractivity contribution in [3.05, 3.63) is 95.3 Å². The predicted octanol–water partition coefficient (Wildman–Crippen LogP) is 4.31. The lowest BCUT2D eigenvalue weighted by molar-refractivity contribution is -0.133. The molecule has 2 amide bonds. The molecule has 3 aromatic carbocycles. The highest BCUT2D eigenvalue weighted by Gasteiger charge is 2.36. The number of halogens is 1. The smallest absolute Gasteiger partial charge is 0.262 e. The molecule has 0 bridgehead atoms. The number of rotatable bonds is 10. The van der Waals surface area contributed by atoms with E-state index >= 15 is 0 Å². The summed E-state index contributed by atoms with van der Waals surface area (Å²) >= 11 is 0. The number of hydrogen-bond donors (Lipinski definition) is 0. The number of hydrogen-bond acceptors (Lipinski definition) is 6. The first-order chi connectivity index (χ1) is 18.4. The van der Waals surface area contributed by atoms with E-state index in [1.165, 1.54) is 29.2 Å². The van der Waals surface area contributed by atoms with Crippen LogP contribution in [0.2, 0.25) is 0 Å². The van der Waals surface area contributed by atoms with Crippen molar-refractivity contribution < 1.29 is 28.2 Å². The monoisotopic (exact) mass is 519 g/mol. The average molecular weight is 520 g/mol. The van der Waals surface area contributed by atoms with E-state index in [0.29, 0.717) is 34.8 Å². The molecule has 9 heteroatoms. The van der Waals surface area contributed by atoms with Gasteiger partial charge in [0.15, 0.2) is 0 Å². The first kappa shape index (κ1) is 26.8. The summed E-state index contributed by atoms with van der Waals surface area (Å²) in [6.45, 7) is 0.268. The van der Waals surface area contributed by atoms with Crippen LogP contribution in [0.5, 0.6) is 11.5 Å². The SMILES string of the molecule is COCCN(CC(=O)N1N=C(c2ccc(F)cc2)CC1c1ccccc1OC)C(=O)c1ccc(OC)cc1. The van der Waals surface area contributed by atoms with Gasteiger partial charge in [0.05, 0.1) is 32.6 Å². The highest BCUT2D eigenvalue weighted by Crippen LogP contribution is 2.37. The van der Waals surface area contributed by atoms with Crippen LogP contribution in [-0.4, -0.2) is 68.5 Å². The third-order valence-electron chi connectivity index (χ3n) is 6.36. The van der Waals surface area contributed by atoms with Crippen molar-refractivity contribution in [1.29, 1.82) is 0 Å². The summed E-state index contributed by atoms with van der Waals surface area (Å²) in [5, 5.41) is 6.05. The zero-order valence-electron chi connectivity index (χ0n) is 21.6. The fraction of sp³-hybridized carbons (Fsp3) is 0.276. The Balaban J connectivity index is 1.64. The van der Waals surface area contributed by atoms with E-state index in [1.54, 1.807) is 50.6 Å². The topological polar surface area (TPSA) is 80.7 Å². The van der Waals surface area contributed by atoms with Crippen molar-refractivity contribution in [2.24, 2.45) is 5.10 Å². The Morgan fingerprint density at radius 3 is 2.34 bits per heavy atom. The first-order valence-electron chi connectivity index (χ1n) is 12.2. The molecule has 1 heterocycles. The molecule has 1 atom stereocenters. The van der Waals surface area contributed by atoms with E-state index in [1.807, 2.05) is 24.3 Å². The van der Waals surface area contributed by atoms with Crippen LogP contribution in [0.15, 0.2) is 77.9 Å². The van der Waals surface area contributed by atoms with Crippen molar-refractivity contribution in [1.82, 2.24) is 9.91 Å². The summed E-state index contributed by atoms with van der Waals surface area (Å²) in [4.78, 5) is 28.5. The van der Waals surface area contributed by atoms with Gasteiger partial charge in [-0.2, -0.15) is 5.10 Å². The van der Waals surface area contributed by atoms with Crippen LogP contribution < -0.4 is 9.47 Å². The molecular weight excluding hydrogens is 489 g/mol. The number of amides is 2. The molecule has 0 spiro atoms. The molecule has 3 aromatic rings. The van der Waals surface area contributed by atoms with Crippen LogP contribution in [0.3, 0.4) is 0 Å². The summed E-state index contributed by atoms with van der Waals surface area (Å²) in [6, 6.07) is 19.7. The maximum Gasteiger partial charge on any atom is 0.262 e. The zero-order chi connectivity index (χ0) is 27.1.